The molecule has 0 amide bonds. The normalized spacial score (nSPS) is 26.1. The number of nitro groups is 1. The highest BCUT2D eigenvalue weighted by Crippen LogP contribution is 2.29. The van der Waals surface area contributed by atoms with Gasteiger partial charge in [-0.1, -0.05) is 6.08 Å². The highest BCUT2D eigenvalue weighted by Gasteiger charge is 2.34. The summed E-state index contributed by atoms with van der Waals surface area (Å²) < 4.78 is 29.9. The summed E-state index contributed by atoms with van der Waals surface area (Å²) in [6, 6.07) is 0. The van der Waals surface area contributed by atoms with Gasteiger partial charge in [-0.15, -0.1) is 11.6 Å². The van der Waals surface area contributed by atoms with Gasteiger partial charge in [-0.2, -0.15) is 8.42 Å². The third-order valence-electron chi connectivity index (χ3n) is 1.79. The van der Waals surface area contributed by atoms with Crippen LogP contribution in [0, 0.1) is 10.1 Å². The molecular formula is C7H8ClNO5S. The summed E-state index contributed by atoms with van der Waals surface area (Å²) in [5.74, 6) is -0.747. The summed E-state index contributed by atoms with van der Waals surface area (Å²) in [5, 5.41) is 10.4. The predicted molar refractivity (Wildman–Crippen MR) is 53.8 cm³/mol. The van der Waals surface area contributed by atoms with Gasteiger partial charge in [0, 0.05) is 12.2 Å². The Bertz CT molecular complexity index is 440. The molecule has 0 aromatic rings. The van der Waals surface area contributed by atoms with E-state index in [0.29, 0.717) is 0 Å². The number of allylic oxidation sites excluding steroid dienone is 3. The monoisotopic (exact) mass is 253 g/mol. The Hall–Kier alpha value is -0.920. The fraction of sp³-hybridized carbons (Fsp3) is 0.429. The van der Waals surface area contributed by atoms with E-state index in [1.54, 1.807) is 0 Å². The van der Waals surface area contributed by atoms with Crippen molar-refractivity contribution in [3.05, 3.63) is 34.0 Å². The van der Waals surface area contributed by atoms with Gasteiger partial charge in [0.25, 0.3) is 15.8 Å². The Morgan fingerprint density at radius 3 is 2.73 bits per heavy atom. The highest BCUT2D eigenvalue weighted by atomic mass is 35.5. The lowest BCUT2D eigenvalue weighted by molar-refractivity contribution is -0.419. The molecule has 0 aromatic carbocycles. The van der Waals surface area contributed by atoms with Crippen LogP contribution in [0.4, 0.5) is 0 Å². The summed E-state index contributed by atoms with van der Waals surface area (Å²) in [6.07, 6.45) is 3.79. The third kappa shape index (κ3) is 3.61. The zero-order chi connectivity index (χ0) is 11.7. The van der Waals surface area contributed by atoms with E-state index in [2.05, 4.69) is 0 Å². The van der Waals surface area contributed by atoms with Gasteiger partial charge in [-0.3, -0.25) is 14.7 Å². The zero-order valence-electron chi connectivity index (χ0n) is 7.46. The lowest BCUT2D eigenvalue weighted by atomic mass is 10.0. The van der Waals surface area contributed by atoms with Gasteiger partial charge in [-0.05, 0) is 6.42 Å². The van der Waals surface area contributed by atoms with Crippen molar-refractivity contribution in [3.8, 4) is 0 Å². The first-order valence-electron chi connectivity index (χ1n) is 3.90. The molecule has 0 aliphatic heterocycles. The molecule has 1 aliphatic carbocycles. The minimum atomic E-state index is -4.26. The molecule has 0 saturated carbocycles. The van der Waals surface area contributed by atoms with Crippen LogP contribution in [0.3, 0.4) is 0 Å². The summed E-state index contributed by atoms with van der Waals surface area (Å²) in [4.78, 5) is 8.31. The van der Waals surface area contributed by atoms with E-state index >= 15 is 0 Å². The Kier molecular flexibility index (Phi) is 3.17. The van der Waals surface area contributed by atoms with E-state index in [4.69, 9.17) is 16.2 Å². The second kappa shape index (κ2) is 3.92. The molecule has 0 fully saturated rings. The molecule has 0 heterocycles. The average Bonchev–Trinajstić information content (AvgIpc) is 1.99. The Labute approximate surface area is 91.1 Å². The van der Waals surface area contributed by atoms with Crippen molar-refractivity contribution in [2.75, 3.05) is 5.75 Å². The van der Waals surface area contributed by atoms with Gasteiger partial charge in [0.2, 0.25) is 0 Å². The maximum absolute atomic E-state index is 10.6. The van der Waals surface area contributed by atoms with Crippen molar-refractivity contribution >= 4 is 21.7 Å². The molecule has 1 rings (SSSR count). The van der Waals surface area contributed by atoms with Crippen LogP contribution in [0.25, 0.3) is 0 Å². The number of hydrogen-bond donors (Lipinski definition) is 1. The molecule has 0 saturated heterocycles. The number of halogens is 1. The molecule has 0 aromatic heterocycles. The minimum absolute atomic E-state index is 0.117. The van der Waals surface area contributed by atoms with Crippen molar-refractivity contribution in [1.29, 1.82) is 0 Å². The van der Waals surface area contributed by atoms with E-state index in [0.717, 1.165) is 6.08 Å². The van der Waals surface area contributed by atoms with E-state index in [1.165, 1.54) is 12.2 Å². The van der Waals surface area contributed by atoms with Gasteiger partial charge < -0.3 is 0 Å². The lowest BCUT2D eigenvalue weighted by Crippen LogP contribution is -2.31. The summed E-state index contributed by atoms with van der Waals surface area (Å²) >= 11 is 5.83. The molecule has 15 heavy (non-hydrogen) atoms. The third-order valence-corrected chi connectivity index (χ3v) is 3.22. The smallest absolute Gasteiger partial charge is 0.266 e. The molecule has 8 heteroatoms. The molecule has 1 N–H and O–H groups in total. The summed E-state index contributed by atoms with van der Waals surface area (Å²) in [6.45, 7) is 0. The molecule has 0 radical (unpaired) electrons. The van der Waals surface area contributed by atoms with Gasteiger partial charge in [0.05, 0.1) is 15.6 Å². The number of nitrogens with zero attached hydrogens (tertiary/aromatic N) is 1. The van der Waals surface area contributed by atoms with Crippen molar-refractivity contribution in [2.45, 2.75) is 11.3 Å². The van der Waals surface area contributed by atoms with Crippen molar-refractivity contribution in [3.63, 3.8) is 0 Å². The first-order chi connectivity index (χ1) is 6.72. The van der Waals surface area contributed by atoms with E-state index in [9.17, 15) is 18.5 Å². The Balaban J connectivity index is 2.98. The fourth-order valence-electron chi connectivity index (χ4n) is 1.27. The molecule has 1 atom stereocenters. The van der Waals surface area contributed by atoms with Crippen molar-refractivity contribution in [2.24, 2.45) is 0 Å². The lowest BCUT2D eigenvalue weighted by Gasteiger charge is -2.21. The molecule has 84 valence electrons. The van der Waals surface area contributed by atoms with Crippen LogP contribution in [0.2, 0.25) is 0 Å². The second-order valence-electron chi connectivity index (χ2n) is 3.19. The number of rotatable bonds is 3. The Morgan fingerprint density at radius 1 is 1.67 bits per heavy atom. The van der Waals surface area contributed by atoms with Crippen LogP contribution in [0.5, 0.6) is 0 Å². The molecule has 0 spiro atoms. The average molecular weight is 254 g/mol. The van der Waals surface area contributed by atoms with Gasteiger partial charge >= 0.3 is 0 Å². The minimum Gasteiger partial charge on any atom is -0.285 e. The standard InChI is InChI=1S/C7H8ClNO5S/c8-7(5-15(12,13)14)3-1-2-6(4-7)9(10)11/h1-2,4H,3,5H2,(H,12,13,14). The van der Waals surface area contributed by atoms with Crippen LogP contribution in [0.15, 0.2) is 23.9 Å². The van der Waals surface area contributed by atoms with Crippen LogP contribution in [-0.4, -0.2) is 28.5 Å². The molecular weight excluding hydrogens is 246 g/mol. The maximum atomic E-state index is 10.6. The van der Waals surface area contributed by atoms with Crippen LogP contribution < -0.4 is 0 Å². The van der Waals surface area contributed by atoms with Gasteiger partial charge in [0.1, 0.15) is 0 Å². The largest absolute Gasteiger partial charge is 0.285 e. The van der Waals surface area contributed by atoms with Gasteiger partial charge in [0.15, 0.2) is 0 Å². The van der Waals surface area contributed by atoms with Crippen LogP contribution in [0.1, 0.15) is 6.42 Å². The number of alkyl halides is 1. The quantitative estimate of drug-likeness (QED) is 0.350. The van der Waals surface area contributed by atoms with Gasteiger partial charge in [-0.25, -0.2) is 0 Å². The first kappa shape index (κ1) is 12.2. The van der Waals surface area contributed by atoms with Crippen LogP contribution in [-0.2, 0) is 10.1 Å². The SMILES string of the molecule is O=[N+]([O-])C1=CC(Cl)(CS(=O)(=O)O)CC=C1. The first-order valence-corrected chi connectivity index (χ1v) is 5.88. The van der Waals surface area contributed by atoms with Crippen LogP contribution >= 0.6 is 11.6 Å². The highest BCUT2D eigenvalue weighted by molar-refractivity contribution is 7.85. The maximum Gasteiger partial charge on any atom is 0.266 e. The predicted octanol–water partition coefficient (Wildman–Crippen LogP) is 0.972. The molecule has 0 bridgehead atoms. The Morgan fingerprint density at radius 2 is 2.27 bits per heavy atom. The van der Waals surface area contributed by atoms with E-state index in [1.807, 2.05) is 0 Å². The van der Waals surface area contributed by atoms with E-state index < -0.39 is 25.7 Å². The zero-order valence-corrected chi connectivity index (χ0v) is 9.03. The fourth-order valence-corrected chi connectivity index (χ4v) is 2.69. The molecule has 6 nitrogen and oxygen atoms in total. The van der Waals surface area contributed by atoms with E-state index in [-0.39, 0.29) is 12.1 Å². The van der Waals surface area contributed by atoms with Crippen molar-refractivity contribution in [1.82, 2.24) is 0 Å². The topological polar surface area (TPSA) is 97.5 Å². The van der Waals surface area contributed by atoms with Crippen molar-refractivity contribution < 1.29 is 17.9 Å². The summed E-state index contributed by atoms with van der Waals surface area (Å²) in [7, 11) is -4.26. The second-order valence-corrected chi connectivity index (χ2v) is 5.40. The number of hydrogen-bond acceptors (Lipinski definition) is 4. The summed E-state index contributed by atoms with van der Waals surface area (Å²) in [5.41, 5.74) is -0.278. The molecule has 1 unspecified atom stereocenters. The molecule has 1 aliphatic rings.